The minimum atomic E-state index is -0.595. The zero-order valence-corrected chi connectivity index (χ0v) is 6.64. The summed E-state index contributed by atoms with van der Waals surface area (Å²) < 4.78 is 0. The Morgan fingerprint density at radius 3 is 2.58 bits per heavy atom. The molecule has 0 aromatic heterocycles. The van der Waals surface area contributed by atoms with Crippen LogP contribution in [-0.4, -0.2) is 5.11 Å². The highest BCUT2D eigenvalue weighted by Gasteiger charge is 1.99. The molecule has 0 amide bonds. The summed E-state index contributed by atoms with van der Waals surface area (Å²) in [4.78, 5) is 0. The first-order valence-corrected chi connectivity index (χ1v) is 3.70. The summed E-state index contributed by atoms with van der Waals surface area (Å²) in [6.45, 7) is 0. The van der Waals surface area contributed by atoms with Crippen molar-refractivity contribution in [3.05, 3.63) is 48.0 Å². The van der Waals surface area contributed by atoms with Crippen molar-refractivity contribution in [2.24, 2.45) is 0 Å². The number of aliphatic hydroxyl groups excluding tert-OH is 1. The number of terminal acetylenes is 1. The molecule has 1 aromatic rings. The minimum absolute atomic E-state index is 0.595. The van der Waals surface area contributed by atoms with Crippen molar-refractivity contribution in [3.63, 3.8) is 0 Å². The molecule has 0 aliphatic rings. The van der Waals surface area contributed by atoms with E-state index in [4.69, 9.17) is 6.42 Å². The van der Waals surface area contributed by atoms with E-state index < -0.39 is 6.10 Å². The summed E-state index contributed by atoms with van der Waals surface area (Å²) in [5, 5.41) is 9.47. The zero-order chi connectivity index (χ0) is 8.81. The third-order valence-electron chi connectivity index (χ3n) is 1.52. The SMILES string of the molecule is C#C/C=C/[C@H](O)c1ccccc1. The molecule has 1 atom stereocenters. The third kappa shape index (κ3) is 2.26. The second-order valence-electron chi connectivity index (χ2n) is 2.38. The largest absolute Gasteiger partial charge is 0.384 e. The van der Waals surface area contributed by atoms with Gasteiger partial charge in [-0.1, -0.05) is 36.3 Å². The summed E-state index contributed by atoms with van der Waals surface area (Å²) in [6, 6.07) is 9.36. The van der Waals surface area contributed by atoms with Crippen molar-refractivity contribution in [1.82, 2.24) is 0 Å². The lowest BCUT2D eigenvalue weighted by Crippen LogP contribution is -1.91. The second-order valence-corrected chi connectivity index (χ2v) is 2.38. The topological polar surface area (TPSA) is 20.2 Å². The Morgan fingerprint density at radius 2 is 2.00 bits per heavy atom. The first-order chi connectivity index (χ1) is 5.84. The van der Waals surface area contributed by atoms with Crippen LogP contribution in [0.5, 0.6) is 0 Å². The normalized spacial score (nSPS) is 12.7. The molecule has 0 fully saturated rings. The molecule has 0 aliphatic heterocycles. The first kappa shape index (κ1) is 8.58. The highest BCUT2D eigenvalue weighted by atomic mass is 16.3. The molecule has 12 heavy (non-hydrogen) atoms. The summed E-state index contributed by atoms with van der Waals surface area (Å²) in [7, 11) is 0. The van der Waals surface area contributed by atoms with Gasteiger partial charge in [0, 0.05) is 0 Å². The van der Waals surface area contributed by atoms with Crippen LogP contribution in [0.2, 0.25) is 0 Å². The number of hydrogen-bond donors (Lipinski definition) is 1. The molecule has 0 saturated heterocycles. The van der Waals surface area contributed by atoms with E-state index >= 15 is 0 Å². The number of aliphatic hydroxyl groups is 1. The minimum Gasteiger partial charge on any atom is -0.384 e. The molecular formula is C11H10O. The smallest absolute Gasteiger partial charge is 0.0980 e. The quantitative estimate of drug-likeness (QED) is 0.652. The van der Waals surface area contributed by atoms with Gasteiger partial charge in [-0.3, -0.25) is 0 Å². The summed E-state index contributed by atoms with van der Waals surface area (Å²) in [5.74, 6) is 2.33. The van der Waals surface area contributed by atoms with Gasteiger partial charge in [-0.15, -0.1) is 6.42 Å². The molecule has 60 valence electrons. The summed E-state index contributed by atoms with van der Waals surface area (Å²) in [5.41, 5.74) is 0.851. The lowest BCUT2D eigenvalue weighted by atomic mass is 10.1. The molecule has 1 N–H and O–H groups in total. The maximum atomic E-state index is 9.47. The van der Waals surface area contributed by atoms with Crippen molar-refractivity contribution in [2.45, 2.75) is 6.10 Å². The molecule has 1 nitrogen and oxygen atoms in total. The molecule has 0 aliphatic carbocycles. The van der Waals surface area contributed by atoms with Gasteiger partial charge < -0.3 is 5.11 Å². The van der Waals surface area contributed by atoms with E-state index in [2.05, 4.69) is 5.92 Å². The molecule has 0 spiro atoms. The highest BCUT2D eigenvalue weighted by molar-refractivity contribution is 5.23. The van der Waals surface area contributed by atoms with Gasteiger partial charge in [-0.25, -0.2) is 0 Å². The molecule has 0 saturated carbocycles. The molecule has 1 aromatic carbocycles. The predicted octanol–water partition coefficient (Wildman–Crippen LogP) is 1.91. The number of rotatable bonds is 2. The molecule has 0 unspecified atom stereocenters. The predicted molar refractivity (Wildman–Crippen MR) is 49.4 cm³/mol. The van der Waals surface area contributed by atoms with Crippen LogP contribution in [0.3, 0.4) is 0 Å². The van der Waals surface area contributed by atoms with E-state index in [0.717, 1.165) is 5.56 Å². The number of benzene rings is 1. The van der Waals surface area contributed by atoms with Crippen LogP contribution < -0.4 is 0 Å². The Kier molecular flexibility index (Phi) is 3.13. The Bertz CT molecular complexity index is 293. The van der Waals surface area contributed by atoms with E-state index in [1.54, 1.807) is 6.08 Å². The van der Waals surface area contributed by atoms with Gasteiger partial charge in [-0.2, -0.15) is 0 Å². The van der Waals surface area contributed by atoms with Crippen LogP contribution in [0.1, 0.15) is 11.7 Å². The average Bonchev–Trinajstić information content (AvgIpc) is 2.15. The van der Waals surface area contributed by atoms with Gasteiger partial charge >= 0.3 is 0 Å². The van der Waals surface area contributed by atoms with Crippen LogP contribution >= 0.6 is 0 Å². The first-order valence-electron chi connectivity index (χ1n) is 3.70. The maximum Gasteiger partial charge on any atom is 0.0980 e. The van der Waals surface area contributed by atoms with Crippen LogP contribution in [0.4, 0.5) is 0 Å². The highest BCUT2D eigenvalue weighted by Crippen LogP contribution is 2.12. The van der Waals surface area contributed by atoms with Gasteiger partial charge in [0.2, 0.25) is 0 Å². The Hall–Kier alpha value is -1.52. The van der Waals surface area contributed by atoms with E-state index in [1.165, 1.54) is 6.08 Å². The zero-order valence-electron chi connectivity index (χ0n) is 6.64. The van der Waals surface area contributed by atoms with E-state index in [9.17, 15) is 5.11 Å². The van der Waals surface area contributed by atoms with Gasteiger partial charge in [0.15, 0.2) is 0 Å². The lowest BCUT2D eigenvalue weighted by Gasteiger charge is -2.03. The van der Waals surface area contributed by atoms with Gasteiger partial charge in [-0.05, 0) is 17.7 Å². The lowest BCUT2D eigenvalue weighted by molar-refractivity contribution is 0.229. The summed E-state index contributed by atoms with van der Waals surface area (Å²) >= 11 is 0. The molecular weight excluding hydrogens is 148 g/mol. The van der Waals surface area contributed by atoms with Gasteiger partial charge in [0.25, 0.3) is 0 Å². The van der Waals surface area contributed by atoms with Crippen molar-refractivity contribution in [1.29, 1.82) is 0 Å². The Balaban J connectivity index is 2.73. The standard InChI is InChI=1S/C11H10O/c1-2-3-9-11(12)10-7-5-4-6-8-10/h1,3-9,11-12H/b9-3+/t11-/m0/s1. The molecule has 1 rings (SSSR count). The second kappa shape index (κ2) is 4.38. The fraction of sp³-hybridized carbons (Fsp3) is 0.0909. The molecule has 1 heteroatoms. The van der Waals surface area contributed by atoms with Crippen LogP contribution in [0, 0.1) is 12.3 Å². The number of hydrogen-bond acceptors (Lipinski definition) is 1. The third-order valence-corrected chi connectivity index (χ3v) is 1.52. The van der Waals surface area contributed by atoms with Crippen molar-refractivity contribution in [2.75, 3.05) is 0 Å². The fourth-order valence-electron chi connectivity index (χ4n) is 0.908. The van der Waals surface area contributed by atoms with Gasteiger partial charge in [0.1, 0.15) is 0 Å². The van der Waals surface area contributed by atoms with Crippen molar-refractivity contribution in [3.8, 4) is 12.3 Å². The molecule has 0 heterocycles. The van der Waals surface area contributed by atoms with Crippen molar-refractivity contribution >= 4 is 0 Å². The molecule has 0 radical (unpaired) electrons. The van der Waals surface area contributed by atoms with Crippen LogP contribution in [0.15, 0.2) is 42.5 Å². The monoisotopic (exact) mass is 158 g/mol. The van der Waals surface area contributed by atoms with E-state index in [0.29, 0.717) is 0 Å². The van der Waals surface area contributed by atoms with E-state index in [1.807, 2.05) is 30.3 Å². The van der Waals surface area contributed by atoms with E-state index in [-0.39, 0.29) is 0 Å². The van der Waals surface area contributed by atoms with Crippen LogP contribution in [-0.2, 0) is 0 Å². The van der Waals surface area contributed by atoms with Crippen molar-refractivity contribution < 1.29 is 5.11 Å². The number of allylic oxidation sites excluding steroid dienone is 1. The van der Waals surface area contributed by atoms with Crippen LogP contribution in [0.25, 0.3) is 0 Å². The molecule has 0 bridgehead atoms. The average molecular weight is 158 g/mol. The Labute approximate surface area is 72.4 Å². The maximum absolute atomic E-state index is 9.47. The fourth-order valence-corrected chi connectivity index (χ4v) is 0.908. The van der Waals surface area contributed by atoms with Gasteiger partial charge in [0.05, 0.1) is 6.10 Å². The Morgan fingerprint density at radius 1 is 1.33 bits per heavy atom. The summed E-state index contributed by atoms with van der Waals surface area (Å²) in [6.07, 6.45) is 7.49.